The molecule has 1 aromatic rings. The quantitative estimate of drug-likeness (QED) is 0.905. The molecular weight excluding hydrogens is 263 g/mol. The predicted molar refractivity (Wildman–Crippen MR) is 84.8 cm³/mol. The normalized spacial score (nSPS) is 24.1. The maximum absolute atomic E-state index is 13.3. The van der Waals surface area contributed by atoms with Crippen molar-refractivity contribution in [1.82, 2.24) is 10.2 Å². The van der Waals surface area contributed by atoms with E-state index in [1.807, 2.05) is 12.1 Å². The maximum atomic E-state index is 13.3. The molecule has 0 radical (unpaired) electrons. The van der Waals surface area contributed by atoms with Crippen LogP contribution >= 0.6 is 0 Å². The molecule has 0 spiro atoms. The van der Waals surface area contributed by atoms with Crippen LogP contribution in [0.2, 0.25) is 0 Å². The minimum absolute atomic E-state index is 0.146. The van der Waals surface area contributed by atoms with Crippen LogP contribution in [0.5, 0.6) is 0 Å². The topological polar surface area (TPSA) is 15.3 Å². The molecule has 1 heterocycles. The number of hydrogen-bond acceptors (Lipinski definition) is 2. The lowest BCUT2D eigenvalue weighted by Crippen LogP contribution is -2.56. The van der Waals surface area contributed by atoms with Gasteiger partial charge in [-0.2, -0.15) is 0 Å². The minimum Gasteiger partial charge on any atom is -0.311 e. The molecular formula is C18H27FN2. The summed E-state index contributed by atoms with van der Waals surface area (Å²) < 4.78 is 13.3. The van der Waals surface area contributed by atoms with E-state index in [-0.39, 0.29) is 11.4 Å². The number of rotatable bonds is 4. The molecule has 3 heteroatoms. The first-order valence-electron chi connectivity index (χ1n) is 8.44. The number of likely N-dealkylation sites (N-methyl/N-ethyl adjacent to an activating group) is 1. The van der Waals surface area contributed by atoms with Crippen molar-refractivity contribution in [3.8, 4) is 0 Å². The van der Waals surface area contributed by atoms with E-state index < -0.39 is 0 Å². The van der Waals surface area contributed by atoms with E-state index in [0.29, 0.717) is 6.04 Å². The first-order chi connectivity index (χ1) is 10.3. The van der Waals surface area contributed by atoms with Crippen molar-refractivity contribution in [1.29, 1.82) is 0 Å². The van der Waals surface area contributed by atoms with Gasteiger partial charge in [-0.1, -0.05) is 31.4 Å². The van der Waals surface area contributed by atoms with Gasteiger partial charge < -0.3 is 5.32 Å². The highest BCUT2D eigenvalue weighted by molar-refractivity contribution is 5.25. The second kappa shape index (κ2) is 6.45. The number of nitrogens with one attached hydrogen (secondary N) is 1. The first-order valence-corrected chi connectivity index (χ1v) is 8.44. The van der Waals surface area contributed by atoms with E-state index in [1.54, 1.807) is 12.1 Å². The van der Waals surface area contributed by atoms with Crippen LogP contribution in [0.25, 0.3) is 0 Å². The van der Waals surface area contributed by atoms with Crippen LogP contribution < -0.4 is 5.32 Å². The van der Waals surface area contributed by atoms with E-state index in [9.17, 15) is 4.39 Å². The summed E-state index contributed by atoms with van der Waals surface area (Å²) in [5.41, 5.74) is 1.46. The average molecular weight is 290 g/mol. The van der Waals surface area contributed by atoms with Crippen molar-refractivity contribution < 1.29 is 4.39 Å². The molecule has 1 aliphatic carbocycles. The number of likely N-dealkylation sites (tertiary alicyclic amines) is 1. The standard InChI is InChI=1S/C18H27FN2/c1-20-17(15-7-9-16(19)10-8-15)18(11-3-4-12-18)21-13-5-2-6-14-21/h7-10,17,20H,2-6,11-14H2,1H3. The van der Waals surface area contributed by atoms with Crippen LogP contribution in [0, 0.1) is 5.82 Å². The molecule has 1 unspecified atom stereocenters. The molecule has 2 nitrogen and oxygen atoms in total. The van der Waals surface area contributed by atoms with Gasteiger partial charge in [-0.15, -0.1) is 0 Å². The van der Waals surface area contributed by atoms with Gasteiger partial charge in [0.1, 0.15) is 5.82 Å². The van der Waals surface area contributed by atoms with Crippen molar-refractivity contribution in [2.75, 3.05) is 20.1 Å². The lowest BCUT2D eigenvalue weighted by atomic mass is 9.81. The van der Waals surface area contributed by atoms with Gasteiger partial charge in [-0.05, 0) is 63.5 Å². The van der Waals surface area contributed by atoms with Gasteiger partial charge in [0.05, 0.1) is 6.04 Å². The second-order valence-electron chi connectivity index (χ2n) is 6.63. The summed E-state index contributed by atoms with van der Waals surface area (Å²) >= 11 is 0. The van der Waals surface area contributed by atoms with Gasteiger partial charge in [0.25, 0.3) is 0 Å². The van der Waals surface area contributed by atoms with Crippen LogP contribution in [0.15, 0.2) is 24.3 Å². The molecule has 0 amide bonds. The van der Waals surface area contributed by atoms with Crippen molar-refractivity contribution in [3.05, 3.63) is 35.6 Å². The minimum atomic E-state index is -0.146. The Hall–Kier alpha value is -0.930. The van der Waals surface area contributed by atoms with E-state index in [1.165, 1.54) is 63.6 Å². The molecule has 1 saturated heterocycles. The smallest absolute Gasteiger partial charge is 0.123 e. The number of halogens is 1. The summed E-state index contributed by atoms with van der Waals surface area (Å²) in [5, 5.41) is 3.55. The molecule has 1 N–H and O–H groups in total. The van der Waals surface area contributed by atoms with E-state index in [2.05, 4.69) is 17.3 Å². The van der Waals surface area contributed by atoms with Gasteiger partial charge in [0.15, 0.2) is 0 Å². The second-order valence-corrected chi connectivity index (χ2v) is 6.63. The Morgan fingerprint density at radius 3 is 2.19 bits per heavy atom. The third-order valence-corrected chi connectivity index (χ3v) is 5.48. The van der Waals surface area contributed by atoms with Gasteiger partial charge >= 0.3 is 0 Å². The SMILES string of the molecule is CNC(c1ccc(F)cc1)C1(N2CCCCC2)CCCC1. The third-order valence-electron chi connectivity index (χ3n) is 5.48. The monoisotopic (exact) mass is 290 g/mol. The highest BCUT2D eigenvalue weighted by Crippen LogP contribution is 2.45. The molecule has 1 saturated carbocycles. The summed E-state index contributed by atoms with van der Waals surface area (Å²) in [5.74, 6) is -0.146. The van der Waals surface area contributed by atoms with Crippen molar-refractivity contribution in [2.24, 2.45) is 0 Å². The summed E-state index contributed by atoms with van der Waals surface area (Å²) in [7, 11) is 2.05. The predicted octanol–water partition coefficient (Wildman–Crippen LogP) is 3.88. The zero-order valence-corrected chi connectivity index (χ0v) is 13.1. The lowest BCUT2D eigenvalue weighted by molar-refractivity contribution is 0.0383. The zero-order chi connectivity index (χ0) is 14.7. The number of hydrogen-bond donors (Lipinski definition) is 1. The fourth-order valence-corrected chi connectivity index (χ4v) is 4.51. The zero-order valence-electron chi connectivity index (χ0n) is 13.1. The molecule has 1 aliphatic heterocycles. The lowest BCUT2D eigenvalue weighted by Gasteiger charge is -2.48. The Morgan fingerprint density at radius 1 is 1.00 bits per heavy atom. The molecule has 21 heavy (non-hydrogen) atoms. The molecule has 3 rings (SSSR count). The van der Waals surface area contributed by atoms with Crippen LogP contribution in [-0.4, -0.2) is 30.6 Å². The van der Waals surface area contributed by atoms with Crippen LogP contribution in [0.4, 0.5) is 4.39 Å². The highest BCUT2D eigenvalue weighted by Gasteiger charge is 2.46. The fourth-order valence-electron chi connectivity index (χ4n) is 4.51. The summed E-state index contributed by atoms with van der Waals surface area (Å²) in [6, 6.07) is 7.41. The molecule has 1 atom stereocenters. The maximum Gasteiger partial charge on any atom is 0.123 e. The largest absolute Gasteiger partial charge is 0.311 e. The Balaban J connectivity index is 1.91. The van der Waals surface area contributed by atoms with Crippen LogP contribution in [-0.2, 0) is 0 Å². The Kier molecular flexibility index (Phi) is 4.60. The summed E-state index contributed by atoms with van der Waals surface area (Å²) in [6.07, 6.45) is 9.16. The summed E-state index contributed by atoms with van der Waals surface area (Å²) in [4.78, 5) is 2.73. The third kappa shape index (κ3) is 2.86. The Bertz CT molecular complexity index is 445. The first kappa shape index (κ1) is 15.0. The summed E-state index contributed by atoms with van der Waals surface area (Å²) in [6.45, 7) is 2.44. The van der Waals surface area contributed by atoms with E-state index >= 15 is 0 Å². The van der Waals surface area contributed by atoms with Crippen molar-refractivity contribution in [3.63, 3.8) is 0 Å². The van der Waals surface area contributed by atoms with Crippen molar-refractivity contribution >= 4 is 0 Å². The Morgan fingerprint density at radius 2 is 1.62 bits per heavy atom. The van der Waals surface area contributed by atoms with Crippen LogP contribution in [0.3, 0.4) is 0 Å². The van der Waals surface area contributed by atoms with Crippen LogP contribution in [0.1, 0.15) is 56.6 Å². The van der Waals surface area contributed by atoms with E-state index in [4.69, 9.17) is 0 Å². The molecule has 2 aliphatic rings. The van der Waals surface area contributed by atoms with Gasteiger partial charge in [0, 0.05) is 5.54 Å². The molecule has 0 aromatic heterocycles. The van der Waals surface area contributed by atoms with Crippen molar-refractivity contribution in [2.45, 2.75) is 56.5 Å². The van der Waals surface area contributed by atoms with E-state index in [0.717, 1.165) is 0 Å². The van der Waals surface area contributed by atoms with Gasteiger partial charge in [-0.25, -0.2) is 4.39 Å². The number of piperidine rings is 1. The molecule has 116 valence electrons. The average Bonchev–Trinajstić information content (AvgIpc) is 3.01. The fraction of sp³-hybridized carbons (Fsp3) is 0.667. The molecule has 2 fully saturated rings. The van der Waals surface area contributed by atoms with Gasteiger partial charge in [-0.3, -0.25) is 4.90 Å². The molecule has 0 bridgehead atoms. The highest BCUT2D eigenvalue weighted by atomic mass is 19.1. The van der Waals surface area contributed by atoms with Gasteiger partial charge in [0.2, 0.25) is 0 Å². The molecule has 1 aromatic carbocycles. The Labute approximate surface area is 127 Å². The number of nitrogens with zero attached hydrogens (tertiary/aromatic N) is 1. The number of benzene rings is 1.